The molecule has 0 aromatic heterocycles. The molecule has 150 valence electrons. The van der Waals surface area contributed by atoms with Crippen LogP contribution in [0.4, 0.5) is 0 Å². The van der Waals surface area contributed by atoms with Gasteiger partial charge in [-0.2, -0.15) is 0 Å². The number of hydrogen-bond donors (Lipinski definition) is 1. The van der Waals surface area contributed by atoms with Gasteiger partial charge in [-0.05, 0) is 55.2 Å². The van der Waals surface area contributed by atoms with Gasteiger partial charge < -0.3 is 14.6 Å². The largest absolute Gasteiger partial charge is 0.492 e. The molecule has 0 amide bonds. The van der Waals surface area contributed by atoms with Gasteiger partial charge in [0.2, 0.25) is 0 Å². The lowest BCUT2D eigenvalue weighted by Gasteiger charge is -2.23. The summed E-state index contributed by atoms with van der Waals surface area (Å²) in [4.78, 5) is 14.0. The SMILES string of the molecule is Cl.O=C(O)[C@@]12CCC[C@H]1CN(CCOc1ccc(Oc3ccccc3)cc1)C2. The lowest BCUT2D eigenvalue weighted by Crippen LogP contribution is -2.36. The Hall–Kier alpha value is -2.24. The Morgan fingerprint density at radius 1 is 1.07 bits per heavy atom. The third kappa shape index (κ3) is 4.26. The van der Waals surface area contributed by atoms with E-state index in [2.05, 4.69) is 4.90 Å². The number of carboxylic acids is 1. The van der Waals surface area contributed by atoms with E-state index in [0.717, 1.165) is 49.6 Å². The van der Waals surface area contributed by atoms with Crippen LogP contribution in [0.25, 0.3) is 0 Å². The normalized spacial score (nSPS) is 23.6. The van der Waals surface area contributed by atoms with Crippen molar-refractivity contribution in [1.82, 2.24) is 4.90 Å². The monoisotopic (exact) mass is 403 g/mol. The fraction of sp³-hybridized carbons (Fsp3) is 0.409. The first-order chi connectivity index (χ1) is 13.2. The first kappa shape index (κ1) is 20.5. The van der Waals surface area contributed by atoms with Gasteiger partial charge in [0.05, 0.1) is 5.41 Å². The minimum atomic E-state index is -0.623. The molecule has 2 atom stereocenters. The second-order valence-electron chi connectivity index (χ2n) is 7.52. The molecule has 6 heteroatoms. The summed E-state index contributed by atoms with van der Waals surface area (Å²) in [5, 5.41) is 9.66. The molecule has 1 N–H and O–H groups in total. The van der Waals surface area contributed by atoms with E-state index in [0.29, 0.717) is 19.1 Å². The van der Waals surface area contributed by atoms with E-state index in [4.69, 9.17) is 9.47 Å². The summed E-state index contributed by atoms with van der Waals surface area (Å²) in [6, 6.07) is 17.2. The minimum Gasteiger partial charge on any atom is -0.492 e. The number of aliphatic carboxylic acids is 1. The van der Waals surface area contributed by atoms with Gasteiger partial charge in [0.15, 0.2) is 0 Å². The van der Waals surface area contributed by atoms with Crippen LogP contribution in [0.2, 0.25) is 0 Å². The van der Waals surface area contributed by atoms with E-state index in [9.17, 15) is 9.90 Å². The highest BCUT2D eigenvalue weighted by Crippen LogP contribution is 2.48. The Morgan fingerprint density at radius 2 is 1.75 bits per heavy atom. The standard InChI is InChI=1S/C22H25NO4.ClH/c24-21(25)22-12-4-5-17(22)15-23(16-22)13-14-26-18-8-10-20(11-9-18)27-19-6-2-1-3-7-19;/h1-3,6-11,17H,4-5,12-16H2,(H,24,25);1H/t17-,22+;/m0./s1. The number of rotatable bonds is 7. The number of fused-ring (bicyclic) bond motifs is 1. The number of ether oxygens (including phenoxy) is 2. The molecule has 0 unspecified atom stereocenters. The fourth-order valence-electron chi connectivity index (χ4n) is 4.43. The first-order valence-electron chi connectivity index (χ1n) is 9.57. The average Bonchev–Trinajstić information content (AvgIpc) is 3.22. The zero-order valence-electron chi connectivity index (χ0n) is 15.8. The first-order valence-corrected chi connectivity index (χ1v) is 9.57. The van der Waals surface area contributed by atoms with Gasteiger partial charge in [-0.25, -0.2) is 0 Å². The van der Waals surface area contributed by atoms with Gasteiger partial charge in [-0.1, -0.05) is 24.6 Å². The van der Waals surface area contributed by atoms with Crippen molar-refractivity contribution in [3.63, 3.8) is 0 Å². The van der Waals surface area contributed by atoms with Gasteiger partial charge in [0, 0.05) is 19.6 Å². The van der Waals surface area contributed by atoms with E-state index >= 15 is 0 Å². The zero-order chi connectivity index (χ0) is 18.7. The molecule has 0 bridgehead atoms. The number of nitrogens with zero attached hydrogens (tertiary/aromatic N) is 1. The maximum atomic E-state index is 11.7. The molecule has 2 aromatic rings. The Labute approximate surface area is 171 Å². The molecule has 1 saturated heterocycles. The molecule has 1 aliphatic heterocycles. The number of para-hydroxylation sites is 1. The second kappa shape index (κ2) is 8.84. The molecule has 4 rings (SSSR count). The molecular weight excluding hydrogens is 378 g/mol. The van der Waals surface area contributed by atoms with Crippen molar-refractivity contribution >= 4 is 18.4 Å². The summed E-state index contributed by atoms with van der Waals surface area (Å²) in [6.07, 6.45) is 2.89. The van der Waals surface area contributed by atoms with Crippen LogP contribution in [0.3, 0.4) is 0 Å². The van der Waals surface area contributed by atoms with E-state index in [1.807, 2.05) is 54.6 Å². The molecule has 0 spiro atoms. The van der Waals surface area contributed by atoms with Crippen LogP contribution in [-0.2, 0) is 4.79 Å². The Kier molecular flexibility index (Phi) is 6.47. The Morgan fingerprint density at radius 3 is 2.43 bits per heavy atom. The number of carbonyl (C=O) groups is 1. The molecule has 0 radical (unpaired) electrons. The number of halogens is 1. The maximum Gasteiger partial charge on any atom is 0.311 e. The third-order valence-electron chi connectivity index (χ3n) is 5.85. The number of hydrogen-bond acceptors (Lipinski definition) is 4. The molecule has 28 heavy (non-hydrogen) atoms. The Balaban J connectivity index is 0.00000225. The molecule has 1 saturated carbocycles. The van der Waals surface area contributed by atoms with E-state index < -0.39 is 11.4 Å². The summed E-state index contributed by atoms with van der Waals surface area (Å²) in [5.41, 5.74) is -0.517. The highest BCUT2D eigenvalue weighted by Gasteiger charge is 2.54. The summed E-state index contributed by atoms with van der Waals surface area (Å²) in [5.74, 6) is 2.04. The van der Waals surface area contributed by atoms with Crippen molar-refractivity contribution in [3.8, 4) is 17.2 Å². The Bertz CT molecular complexity index is 783. The summed E-state index contributed by atoms with van der Waals surface area (Å²) in [7, 11) is 0. The van der Waals surface area contributed by atoms with Crippen LogP contribution in [0.1, 0.15) is 19.3 Å². The zero-order valence-corrected chi connectivity index (χ0v) is 16.6. The van der Waals surface area contributed by atoms with Gasteiger partial charge >= 0.3 is 5.97 Å². The molecular formula is C22H26ClNO4. The maximum absolute atomic E-state index is 11.7. The van der Waals surface area contributed by atoms with Crippen LogP contribution in [0.15, 0.2) is 54.6 Å². The van der Waals surface area contributed by atoms with Crippen LogP contribution in [-0.4, -0.2) is 42.2 Å². The van der Waals surface area contributed by atoms with E-state index in [-0.39, 0.29) is 12.4 Å². The second-order valence-corrected chi connectivity index (χ2v) is 7.52. The molecule has 1 heterocycles. The van der Waals surface area contributed by atoms with Crippen LogP contribution < -0.4 is 9.47 Å². The molecule has 2 fully saturated rings. The number of carboxylic acid groups (broad SMARTS) is 1. The van der Waals surface area contributed by atoms with Crippen molar-refractivity contribution in [3.05, 3.63) is 54.6 Å². The lowest BCUT2D eigenvalue weighted by molar-refractivity contribution is -0.149. The number of likely N-dealkylation sites (tertiary alicyclic amines) is 1. The van der Waals surface area contributed by atoms with Crippen molar-refractivity contribution in [2.75, 3.05) is 26.2 Å². The van der Waals surface area contributed by atoms with Crippen molar-refractivity contribution in [2.24, 2.45) is 11.3 Å². The highest BCUT2D eigenvalue weighted by molar-refractivity contribution is 5.85. The van der Waals surface area contributed by atoms with Crippen LogP contribution in [0, 0.1) is 11.3 Å². The van der Waals surface area contributed by atoms with Gasteiger partial charge in [0.1, 0.15) is 23.9 Å². The van der Waals surface area contributed by atoms with E-state index in [1.54, 1.807) is 0 Å². The summed E-state index contributed by atoms with van der Waals surface area (Å²) < 4.78 is 11.6. The molecule has 2 aliphatic rings. The highest BCUT2D eigenvalue weighted by atomic mass is 35.5. The van der Waals surface area contributed by atoms with Gasteiger partial charge in [-0.15, -0.1) is 12.4 Å². The topological polar surface area (TPSA) is 59.0 Å². The molecule has 5 nitrogen and oxygen atoms in total. The summed E-state index contributed by atoms with van der Waals surface area (Å²) in [6.45, 7) is 2.84. The predicted molar refractivity (Wildman–Crippen MR) is 110 cm³/mol. The van der Waals surface area contributed by atoms with Gasteiger partial charge in [-0.3, -0.25) is 9.69 Å². The smallest absolute Gasteiger partial charge is 0.311 e. The quantitative estimate of drug-likeness (QED) is 0.739. The van der Waals surface area contributed by atoms with Crippen LogP contribution >= 0.6 is 12.4 Å². The molecule has 2 aromatic carbocycles. The number of benzene rings is 2. The van der Waals surface area contributed by atoms with Crippen LogP contribution in [0.5, 0.6) is 17.2 Å². The molecule has 1 aliphatic carbocycles. The van der Waals surface area contributed by atoms with Crippen molar-refractivity contribution in [1.29, 1.82) is 0 Å². The predicted octanol–water partition coefficient (Wildman–Crippen LogP) is 4.47. The summed E-state index contributed by atoms with van der Waals surface area (Å²) >= 11 is 0. The average molecular weight is 404 g/mol. The fourth-order valence-corrected chi connectivity index (χ4v) is 4.43. The minimum absolute atomic E-state index is 0. The van der Waals surface area contributed by atoms with Crippen molar-refractivity contribution < 1.29 is 19.4 Å². The third-order valence-corrected chi connectivity index (χ3v) is 5.85. The van der Waals surface area contributed by atoms with Crippen molar-refractivity contribution in [2.45, 2.75) is 19.3 Å². The van der Waals surface area contributed by atoms with Gasteiger partial charge in [0.25, 0.3) is 0 Å². The van der Waals surface area contributed by atoms with E-state index in [1.165, 1.54) is 0 Å². The lowest BCUT2D eigenvalue weighted by atomic mass is 9.81.